The lowest BCUT2D eigenvalue weighted by molar-refractivity contribution is -0.111. The van der Waals surface area contributed by atoms with Crippen molar-refractivity contribution >= 4 is 34.6 Å². The van der Waals surface area contributed by atoms with Gasteiger partial charge in [0.25, 0.3) is 0 Å². The minimum absolute atomic E-state index is 0.00293. The minimum atomic E-state index is -0.284. The van der Waals surface area contributed by atoms with Gasteiger partial charge in [0, 0.05) is 49.6 Å². The van der Waals surface area contributed by atoms with Crippen molar-refractivity contribution < 1.29 is 14.4 Å². The first-order valence-corrected chi connectivity index (χ1v) is 13.4. The number of rotatable bonds is 9. The third-order valence-corrected chi connectivity index (χ3v) is 7.36. The molecule has 0 unspecified atom stereocenters. The van der Waals surface area contributed by atoms with Crippen molar-refractivity contribution in [3.63, 3.8) is 0 Å². The number of aryl methyl sites for hydroxylation is 1. The zero-order valence-corrected chi connectivity index (χ0v) is 23.4. The summed E-state index contributed by atoms with van der Waals surface area (Å²) in [7, 11) is 5.80. The Kier molecular flexibility index (Phi) is 8.13. The van der Waals surface area contributed by atoms with Gasteiger partial charge in [-0.25, -0.2) is 15.0 Å². The maximum atomic E-state index is 12.4. The molecule has 210 valence electrons. The average molecular weight is 545 g/mol. The molecule has 40 heavy (non-hydrogen) atoms. The van der Waals surface area contributed by atoms with Crippen LogP contribution in [0.3, 0.4) is 0 Å². The van der Waals surface area contributed by atoms with Crippen LogP contribution in [0.4, 0.5) is 28.7 Å². The van der Waals surface area contributed by atoms with Crippen LogP contribution in [0, 0.1) is 6.92 Å². The van der Waals surface area contributed by atoms with Crippen LogP contribution in [0.25, 0.3) is 0 Å². The van der Waals surface area contributed by atoms with E-state index in [0.29, 0.717) is 41.4 Å². The number of ether oxygens (including phenoxy) is 1. The molecule has 1 aromatic carbocycles. The number of nitrogens with zero attached hydrogens (tertiary/aromatic N) is 6. The number of anilines is 5. The molecule has 2 fully saturated rings. The van der Waals surface area contributed by atoms with Crippen molar-refractivity contribution in [1.29, 1.82) is 0 Å². The van der Waals surface area contributed by atoms with Crippen LogP contribution in [-0.4, -0.2) is 72.7 Å². The van der Waals surface area contributed by atoms with Crippen molar-refractivity contribution in [2.24, 2.45) is 0 Å². The van der Waals surface area contributed by atoms with Gasteiger partial charge in [0.2, 0.25) is 5.91 Å². The summed E-state index contributed by atoms with van der Waals surface area (Å²) in [5.41, 5.74) is 4.24. The van der Waals surface area contributed by atoms with Gasteiger partial charge in [-0.3, -0.25) is 14.6 Å². The molecular formula is C29H36N8O3. The molecule has 2 saturated heterocycles. The number of amides is 1. The molecule has 0 radical (unpaired) electrons. The molecule has 2 aliphatic heterocycles. The molecule has 1 amide bonds. The summed E-state index contributed by atoms with van der Waals surface area (Å²) < 4.78 is 5.78. The van der Waals surface area contributed by atoms with E-state index in [2.05, 4.69) is 62.1 Å². The number of hydroxylamine groups is 1. The second kappa shape index (κ2) is 11.9. The highest BCUT2D eigenvalue weighted by atomic mass is 16.7. The molecule has 0 aliphatic carbocycles. The third kappa shape index (κ3) is 5.85. The number of carbonyl (C=O) groups is 1. The Labute approximate surface area is 234 Å². The largest absolute Gasteiger partial charge is 0.494 e. The molecule has 2 N–H and O–H groups in total. The highest BCUT2D eigenvalue weighted by Crippen LogP contribution is 2.40. The number of pyridine rings is 1. The Morgan fingerprint density at radius 1 is 1.18 bits per heavy atom. The molecule has 5 rings (SSSR count). The molecule has 4 heterocycles. The van der Waals surface area contributed by atoms with E-state index in [9.17, 15) is 4.79 Å². The minimum Gasteiger partial charge on any atom is -0.494 e. The lowest BCUT2D eigenvalue weighted by Gasteiger charge is -2.26. The fourth-order valence-corrected chi connectivity index (χ4v) is 5.11. The van der Waals surface area contributed by atoms with Crippen LogP contribution < -0.4 is 25.3 Å². The molecule has 2 atom stereocenters. The quantitative estimate of drug-likeness (QED) is 0.383. The molecule has 11 nitrogen and oxygen atoms in total. The Bertz CT molecular complexity index is 1360. The zero-order chi connectivity index (χ0) is 28.2. The standard InChI is InChI=1S/C29H36N8O3/c1-6-29(38)34-22-13-23(26(39-5)14-25(22)36-11-9-21(17-36)35(3)4)33-27-15-28(32-18-31-27)37-24(10-12-40-37)20-8-7-19(2)30-16-20/h6-8,13-16,18,21,24H,1,9-12,17H2,2-5H3,(H,34,38)(H,31,32,33)/t21-,24-/m1/s1. The third-order valence-electron chi connectivity index (χ3n) is 7.36. The van der Waals surface area contributed by atoms with Crippen molar-refractivity contribution in [1.82, 2.24) is 19.9 Å². The zero-order valence-electron chi connectivity index (χ0n) is 23.4. The Hall–Kier alpha value is -4.22. The second-order valence-corrected chi connectivity index (χ2v) is 10.2. The molecular weight excluding hydrogens is 508 g/mol. The summed E-state index contributed by atoms with van der Waals surface area (Å²) >= 11 is 0. The Balaban J connectivity index is 1.43. The van der Waals surface area contributed by atoms with E-state index < -0.39 is 0 Å². The van der Waals surface area contributed by atoms with Gasteiger partial charge in [-0.1, -0.05) is 12.6 Å². The summed E-state index contributed by atoms with van der Waals surface area (Å²) in [4.78, 5) is 36.2. The first-order valence-electron chi connectivity index (χ1n) is 13.4. The van der Waals surface area contributed by atoms with Gasteiger partial charge in [0.05, 0.1) is 36.8 Å². The normalized spacial score (nSPS) is 18.7. The fraction of sp³-hybridized carbons (Fsp3) is 0.379. The van der Waals surface area contributed by atoms with Crippen LogP contribution in [0.5, 0.6) is 5.75 Å². The molecule has 2 aliphatic rings. The number of hydrogen-bond acceptors (Lipinski definition) is 10. The molecule has 0 bridgehead atoms. The molecule has 0 spiro atoms. The lowest BCUT2D eigenvalue weighted by atomic mass is 10.1. The summed E-state index contributed by atoms with van der Waals surface area (Å²) in [6.07, 6.45) is 6.50. The Morgan fingerprint density at radius 3 is 2.73 bits per heavy atom. The lowest BCUT2D eigenvalue weighted by Crippen LogP contribution is -2.31. The number of methoxy groups -OCH3 is 1. The van der Waals surface area contributed by atoms with Gasteiger partial charge in [0.1, 0.15) is 17.9 Å². The van der Waals surface area contributed by atoms with Crippen LogP contribution in [0.2, 0.25) is 0 Å². The van der Waals surface area contributed by atoms with Crippen LogP contribution >= 0.6 is 0 Å². The van der Waals surface area contributed by atoms with E-state index in [-0.39, 0.29) is 11.9 Å². The Morgan fingerprint density at radius 2 is 2.02 bits per heavy atom. The number of hydrogen-bond donors (Lipinski definition) is 2. The van der Waals surface area contributed by atoms with E-state index in [1.807, 2.05) is 42.4 Å². The highest BCUT2D eigenvalue weighted by molar-refractivity contribution is 6.02. The van der Waals surface area contributed by atoms with Gasteiger partial charge in [-0.2, -0.15) is 0 Å². The maximum absolute atomic E-state index is 12.4. The van der Waals surface area contributed by atoms with Gasteiger partial charge < -0.3 is 25.2 Å². The van der Waals surface area contributed by atoms with E-state index in [4.69, 9.17) is 9.57 Å². The predicted octanol–water partition coefficient (Wildman–Crippen LogP) is 4.08. The summed E-state index contributed by atoms with van der Waals surface area (Å²) in [6.45, 7) is 7.89. The number of benzene rings is 1. The van der Waals surface area contributed by atoms with E-state index in [0.717, 1.165) is 42.9 Å². The number of carbonyl (C=O) groups excluding carboxylic acids is 1. The summed E-state index contributed by atoms with van der Waals surface area (Å²) in [6, 6.07) is 10.1. The second-order valence-electron chi connectivity index (χ2n) is 10.2. The van der Waals surface area contributed by atoms with E-state index in [1.54, 1.807) is 7.11 Å². The van der Waals surface area contributed by atoms with Crippen molar-refractivity contribution in [2.75, 3.05) is 61.5 Å². The van der Waals surface area contributed by atoms with Crippen molar-refractivity contribution in [3.8, 4) is 5.75 Å². The first kappa shape index (κ1) is 27.4. The van der Waals surface area contributed by atoms with Crippen molar-refractivity contribution in [2.45, 2.75) is 31.8 Å². The number of aromatic nitrogens is 3. The van der Waals surface area contributed by atoms with Crippen LogP contribution in [0.1, 0.15) is 30.1 Å². The smallest absolute Gasteiger partial charge is 0.247 e. The van der Waals surface area contributed by atoms with Gasteiger partial charge in [-0.15, -0.1) is 0 Å². The monoisotopic (exact) mass is 544 g/mol. The fourth-order valence-electron chi connectivity index (χ4n) is 5.11. The van der Waals surface area contributed by atoms with Crippen molar-refractivity contribution in [3.05, 3.63) is 66.8 Å². The highest BCUT2D eigenvalue weighted by Gasteiger charge is 2.30. The first-order chi connectivity index (χ1) is 19.4. The predicted molar refractivity (Wildman–Crippen MR) is 156 cm³/mol. The maximum Gasteiger partial charge on any atom is 0.247 e. The summed E-state index contributed by atoms with van der Waals surface area (Å²) in [5.74, 6) is 1.53. The molecule has 0 saturated carbocycles. The molecule has 2 aromatic heterocycles. The topological polar surface area (TPSA) is 108 Å². The summed E-state index contributed by atoms with van der Waals surface area (Å²) in [5, 5.41) is 8.13. The molecule has 11 heteroatoms. The van der Waals surface area contributed by atoms with Crippen LogP contribution in [-0.2, 0) is 9.63 Å². The van der Waals surface area contributed by atoms with E-state index in [1.165, 1.54) is 12.4 Å². The SMILES string of the molecule is C=CC(=O)Nc1cc(Nc2cc(N3OCC[C@@H]3c3ccc(C)nc3)ncn2)c(OC)cc1N1CC[C@@H](N(C)C)C1. The number of nitrogens with one attached hydrogen (secondary N) is 2. The van der Waals surface area contributed by atoms with Crippen LogP contribution in [0.15, 0.2) is 55.5 Å². The number of likely N-dealkylation sites (N-methyl/N-ethyl adjacent to an activating group) is 1. The van der Waals surface area contributed by atoms with Gasteiger partial charge in [-0.05, 0) is 51.2 Å². The van der Waals surface area contributed by atoms with Gasteiger partial charge >= 0.3 is 0 Å². The van der Waals surface area contributed by atoms with E-state index >= 15 is 0 Å². The van der Waals surface area contributed by atoms with Gasteiger partial charge in [0.15, 0.2) is 5.82 Å². The average Bonchev–Trinajstić information content (AvgIpc) is 3.65. The molecule has 3 aromatic rings.